The van der Waals surface area contributed by atoms with E-state index in [9.17, 15) is 5.21 Å². The standard InChI is InChI=1S/C13H17NO3/c1-13(2)16-10-12(17-13)9-14(15)8-11-6-4-3-5-7-11/h3-7,9,12H,8,10H2,1-2H3/b14-9+. The lowest BCUT2D eigenvalue weighted by Gasteiger charge is -2.15. The number of rotatable bonds is 3. The van der Waals surface area contributed by atoms with Crippen LogP contribution in [0.2, 0.25) is 0 Å². The van der Waals surface area contributed by atoms with Crippen LogP contribution in [0.25, 0.3) is 0 Å². The molecule has 1 aliphatic rings. The minimum Gasteiger partial charge on any atom is -0.624 e. The van der Waals surface area contributed by atoms with Gasteiger partial charge < -0.3 is 14.7 Å². The lowest BCUT2D eigenvalue weighted by atomic mass is 10.2. The van der Waals surface area contributed by atoms with Gasteiger partial charge in [0.05, 0.1) is 6.61 Å². The third-order valence-corrected chi connectivity index (χ3v) is 2.54. The molecule has 0 aliphatic carbocycles. The zero-order valence-corrected chi connectivity index (χ0v) is 10.1. The summed E-state index contributed by atoms with van der Waals surface area (Å²) in [4.78, 5) is 0. The molecule has 17 heavy (non-hydrogen) atoms. The maximum Gasteiger partial charge on any atom is 0.182 e. The lowest BCUT2D eigenvalue weighted by Crippen LogP contribution is -2.24. The van der Waals surface area contributed by atoms with Crippen molar-refractivity contribution in [2.45, 2.75) is 32.3 Å². The Morgan fingerprint density at radius 2 is 2.12 bits per heavy atom. The van der Waals surface area contributed by atoms with Gasteiger partial charge in [0, 0.05) is 5.56 Å². The summed E-state index contributed by atoms with van der Waals surface area (Å²) in [6.07, 6.45) is 1.27. The number of hydroxylamine groups is 1. The number of hydrogen-bond acceptors (Lipinski definition) is 3. The molecule has 1 saturated heterocycles. The lowest BCUT2D eigenvalue weighted by molar-refractivity contribution is -0.472. The van der Waals surface area contributed by atoms with Crippen LogP contribution < -0.4 is 0 Å². The molecular formula is C13H17NO3. The van der Waals surface area contributed by atoms with Crippen LogP contribution in [-0.2, 0) is 16.0 Å². The summed E-state index contributed by atoms with van der Waals surface area (Å²) in [5, 5.41) is 11.7. The van der Waals surface area contributed by atoms with E-state index in [1.807, 2.05) is 44.2 Å². The molecule has 92 valence electrons. The van der Waals surface area contributed by atoms with Crippen molar-refractivity contribution in [2.24, 2.45) is 0 Å². The van der Waals surface area contributed by atoms with Gasteiger partial charge in [-0.25, -0.2) is 4.74 Å². The Kier molecular flexibility index (Phi) is 3.45. The van der Waals surface area contributed by atoms with E-state index in [4.69, 9.17) is 9.47 Å². The molecule has 1 aromatic carbocycles. The van der Waals surface area contributed by atoms with Crippen LogP contribution in [0.5, 0.6) is 0 Å². The zero-order valence-electron chi connectivity index (χ0n) is 10.1. The Bertz CT molecular complexity index is 400. The first-order valence-electron chi connectivity index (χ1n) is 5.70. The molecule has 0 aromatic heterocycles. The van der Waals surface area contributed by atoms with E-state index in [2.05, 4.69) is 0 Å². The molecule has 4 nitrogen and oxygen atoms in total. The van der Waals surface area contributed by atoms with E-state index in [0.717, 1.165) is 10.3 Å². The smallest absolute Gasteiger partial charge is 0.182 e. The van der Waals surface area contributed by atoms with E-state index < -0.39 is 5.79 Å². The van der Waals surface area contributed by atoms with Gasteiger partial charge in [0.1, 0.15) is 0 Å². The second kappa shape index (κ2) is 4.85. The molecule has 0 amide bonds. The van der Waals surface area contributed by atoms with Gasteiger partial charge in [-0.15, -0.1) is 0 Å². The van der Waals surface area contributed by atoms with Gasteiger partial charge in [-0.2, -0.15) is 0 Å². The molecule has 2 rings (SSSR count). The van der Waals surface area contributed by atoms with E-state index in [-0.39, 0.29) is 6.10 Å². The van der Waals surface area contributed by atoms with Crippen LogP contribution in [0.3, 0.4) is 0 Å². The molecule has 0 radical (unpaired) electrons. The van der Waals surface area contributed by atoms with Crippen molar-refractivity contribution < 1.29 is 14.2 Å². The fourth-order valence-electron chi connectivity index (χ4n) is 1.79. The summed E-state index contributed by atoms with van der Waals surface area (Å²) in [5.74, 6) is -0.589. The van der Waals surface area contributed by atoms with E-state index >= 15 is 0 Å². The van der Waals surface area contributed by atoms with Gasteiger partial charge in [0.15, 0.2) is 24.7 Å². The van der Waals surface area contributed by atoms with Crippen LogP contribution in [0.15, 0.2) is 30.3 Å². The highest BCUT2D eigenvalue weighted by molar-refractivity contribution is 5.58. The highest BCUT2D eigenvalue weighted by atomic mass is 16.7. The SMILES string of the molecule is CC1(C)OCC(/C=[N+](/[O-])Cc2ccccc2)O1. The summed E-state index contributed by atoms with van der Waals surface area (Å²) < 4.78 is 11.8. The van der Waals surface area contributed by atoms with Crippen molar-refractivity contribution >= 4 is 6.21 Å². The van der Waals surface area contributed by atoms with Crippen LogP contribution in [0.1, 0.15) is 19.4 Å². The Hall–Kier alpha value is -1.39. The Morgan fingerprint density at radius 1 is 1.41 bits per heavy atom. The molecule has 1 atom stereocenters. The first kappa shape index (κ1) is 12.1. The molecule has 1 aliphatic heterocycles. The van der Waals surface area contributed by atoms with Gasteiger partial charge in [-0.05, 0) is 13.8 Å². The maximum absolute atomic E-state index is 11.7. The summed E-state index contributed by atoms with van der Waals surface area (Å²) in [6.45, 7) is 4.45. The summed E-state index contributed by atoms with van der Waals surface area (Å²) in [5.41, 5.74) is 0.983. The summed E-state index contributed by atoms with van der Waals surface area (Å²) in [7, 11) is 0. The van der Waals surface area contributed by atoms with Crippen molar-refractivity contribution in [1.29, 1.82) is 0 Å². The topological polar surface area (TPSA) is 44.5 Å². The largest absolute Gasteiger partial charge is 0.624 e. The second-order valence-electron chi connectivity index (χ2n) is 4.58. The normalized spacial score (nSPS) is 23.9. The van der Waals surface area contributed by atoms with E-state index in [1.165, 1.54) is 6.21 Å². The van der Waals surface area contributed by atoms with E-state index in [0.29, 0.717) is 13.2 Å². The molecule has 1 fully saturated rings. The fourth-order valence-corrected chi connectivity index (χ4v) is 1.79. The Morgan fingerprint density at radius 3 is 2.71 bits per heavy atom. The van der Waals surface area contributed by atoms with Crippen LogP contribution in [0.4, 0.5) is 0 Å². The first-order chi connectivity index (χ1) is 8.05. The third kappa shape index (κ3) is 3.54. The average molecular weight is 235 g/mol. The second-order valence-corrected chi connectivity index (χ2v) is 4.58. The predicted octanol–water partition coefficient (Wildman–Crippen LogP) is 1.92. The van der Waals surface area contributed by atoms with Gasteiger partial charge in [0.25, 0.3) is 0 Å². The van der Waals surface area contributed by atoms with Gasteiger partial charge in [0.2, 0.25) is 0 Å². The molecule has 0 saturated carbocycles. The van der Waals surface area contributed by atoms with Crippen molar-refractivity contribution in [1.82, 2.24) is 0 Å². The summed E-state index contributed by atoms with van der Waals surface area (Å²) >= 11 is 0. The van der Waals surface area contributed by atoms with Crippen LogP contribution >= 0.6 is 0 Å². The third-order valence-electron chi connectivity index (χ3n) is 2.54. The van der Waals surface area contributed by atoms with E-state index in [1.54, 1.807) is 0 Å². The quantitative estimate of drug-likeness (QED) is 0.348. The van der Waals surface area contributed by atoms with Crippen LogP contribution in [-0.4, -0.2) is 29.5 Å². The number of nitrogens with zero attached hydrogens (tertiary/aromatic N) is 1. The monoisotopic (exact) mass is 235 g/mol. The first-order valence-corrected chi connectivity index (χ1v) is 5.70. The van der Waals surface area contributed by atoms with Crippen LogP contribution in [0, 0.1) is 5.21 Å². The molecule has 0 bridgehead atoms. The summed E-state index contributed by atoms with van der Waals surface area (Å²) in [6, 6.07) is 9.62. The molecule has 0 N–H and O–H groups in total. The van der Waals surface area contributed by atoms with Crippen molar-refractivity contribution in [2.75, 3.05) is 6.61 Å². The molecule has 1 unspecified atom stereocenters. The van der Waals surface area contributed by atoms with Crippen molar-refractivity contribution in [3.05, 3.63) is 41.1 Å². The highest BCUT2D eigenvalue weighted by Gasteiger charge is 2.33. The van der Waals surface area contributed by atoms with Gasteiger partial charge >= 0.3 is 0 Å². The minimum atomic E-state index is -0.589. The Labute approximate surface area is 101 Å². The Balaban J connectivity index is 1.94. The molecule has 0 spiro atoms. The number of ether oxygens (including phenoxy) is 2. The maximum atomic E-state index is 11.7. The van der Waals surface area contributed by atoms with Crippen molar-refractivity contribution in [3.63, 3.8) is 0 Å². The number of hydrogen-bond donors (Lipinski definition) is 0. The highest BCUT2D eigenvalue weighted by Crippen LogP contribution is 2.21. The molecule has 1 aromatic rings. The minimum absolute atomic E-state index is 0.258. The average Bonchev–Trinajstić information content (AvgIpc) is 2.59. The van der Waals surface area contributed by atoms with Gasteiger partial charge in [-0.1, -0.05) is 30.3 Å². The predicted molar refractivity (Wildman–Crippen MR) is 64.7 cm³/mol. The number of benzene rings is 1. The van der Waals surface area contributed by atoms with Crippen molar-refractivity contribution in [3.8, 4) is 0 Å². The molecule has 1 heterocycles. The molecular weight excluding hydrogens is 218 g/mol. The van der Waals surface area contributed by atoms with Gasteiger partial charge in [-0.3, -0.25) is 0 Å². The zero-order chi connectivity index (χ0) is 12.3. The fraction of sp³-hybridized carbons (Fsp3) is 0.462. The molecule has 4 heteroatoms.